The van der Waals surface area contributed by atoms with Crippen molar-refractivity contribution in [1.29, 1.82) is 0 Å². The standard InChI is InChI=1S/C21H30O4/c1-16(2)8-6-9-17(3)11-13-25-21-19(23-4)14-18(10-7-12-22)15-20(21)24-5/h7-8,10-11,14-15,22H,6,9,12-13H2,1-5H3/b10-7+,17-11+. The third kappa shape index (κ3) is 7.48. The van der Waals surface area contributed by atoms with E-state index in [2.05, 4.69) is 32.9 Å². The van der Waals surface area contributed by atoms with E-state index in [9.17, 15) is 0 Å². The summed E-state index contributed by atoms with van der Waals surface area (Å²) in [6, 6.07) is 3.71. The van der Waals surface area contributed by atoms with Gasteiger partial charge in [-0.15, -0.1) is 0 Å². The zero-order chi connectivity index (χ0) is 18.7. The lowest BCUT2D eigenvalue weighted by Gasteiger charge is -2.14. The van der Waals surface area contributed by atoms with Crippen molar-refractivity contribution in [2.75, 3.05) is 27.4 Å². The molecule has 4 heteroatoms. The van der Waals surface area contributed by atoms with Gasteiger partial charge in [0.2, 0.25) is 5.75 Å². The lowest BCUT2D eigenvalue weighted by molar-refractivity contribution is 0.300. The van der Waals surface area contributed by atoms with Gasteiger partial charge in [-0.2, -0.15) is 0 Å². The smallest absolute Gasteiger partial charge is 0.203 e. The quantitative estimate of drug-likeness (QED) is 0.619. The topological polar surface area (TPSA) is 47.9 Å². The monoisotopic (exact) mass is 346 g/mol. The normalized spacial score (nSPS) is 11.5. The second-order valence-corrected chi connectivity index (χ2v) is 6.02. The minimum atomic E-state index is -0.0142. The summed E-state index contributed by atoms with van der Waals surface area (Å²) in [4.78, 5) is 0. The van der Waals surface area contributed by atoms with Crippen molar-refractivity contribution in [3.8, 4) is 17.2 Å². The Kier molecular flexibility index (Phi) is 9.48. The first kappa shape index (κ1) is 20.8. The van der Waals surface area contributed by atoms with Crippen molar-refractivity contribution < 1.29 is 19.3 Å². The maximum Gasteiger partial charge on any atom is 0.203 e. The summed E-state index contributed by atoms with van der Waals surface area (Å²) in [5.41, 5.74) is 3.51. The highest BCUT2D eigenvalue weighted by Gasteiger charge is 2.13. The number of rotatable bonds is 10. The van der Waals surface area contributed by atoms with Gasteiger partial charge in [0.15, 0.2) is 11.5 Å². The molecule has 0 amide bonds. The van der Waals surface area contributed by atoms with Gasteiger partial charge in [-0.3, -0.25) is 0 Å². The zero-order valence-electron chi connectivity index (χ0n) is 16.0. The fraction of sp³-hybridized carbons (Fsp3) is 0.429. The predicted octanol–water partition coefficient (Wildman–Crippen LogP) is 4.78. The third-order valence-electron chi connectivity index (χ3n) is 3.65. The lowest BCUT2D eigenvalue weighted by atomic mass is 10.1. The molecule has 0 bridgehead atoms. The number of aliphatic hydroxyl groups excluding tert-OH is 1. The Morgan fingerprint density at radius 1 is 1.04 bits per heavy atom. The van der Waals surface area contributed by atoms with E-state index in [1.54, 1.807) is 20.3 Å². The molecular formula is C21H30O4. The van der Waals surface area contributed by atoms with E-state index >= 15 is 0 Å². The van der Waals surface area contributed by atoms with Crippen LogP contribution in [0.4, 0.5) is 0 Å². The van der Waals surface area contributed by atoms with Gasteiger partial charge in [0.05, 0.1) is 20.8 Å². The Morgan fingerprint density at radius 3 is 2.20 bits per heavy atom. The SMILES string of the molecule is COc1cc(/C=C/CO)cc(OC)c1OC/C=C(\C)CCC=C(C)C. The summed E-state index contributed by atoms with van der Waals surface area (Å²) in [6.07, 6.45) is 9.85. The average Bonchev–Trinajstić information content (AvgIpc) is 2.59. The van der Waals surface area contributed by atoms with Crippen LogP contribution in [0, 0.1) is 0 Å². The molecule has 0 radical (unpaired) electrons. The van der Waals surface area contributed by atoms with E-state index in [1.165, 1.54) is 11.1 Å². The van der Waals surface area contributed by atoms with Crippen LogP contribution in [0.25, 0.3) is 6.08 Å². The minimum absolute atomic E-state index is 0.0142. The molecule has 1 N–H and O–H groups in total. The molecule has 138 valence electrons. The second kappa shape index (κ2) is 11.4. The number of benzene rings is 1. The van der Waals surface area contributed by atoms with E-state index in [0.29, 0.717) is 23.9 Å². The molecule has 0 aromatic heterocycles. The second-order valence-electron chi connectivity index (χ2n) is 6.02. The van der Waals surface area contributed by atoms with E-state index in [0.717, 1.165) is 18.4 Å². The van der Waals surface area contributed by atoms with E-state index in [1.807, 2.05) is 18.2 Å². The van der Waals surface area contributed by atoms with Crippen LogP contribution in [0.5, 0.6) is 17.2 Å². The van der Waals surface area contributed by atoms with Crippen LogP contribution < -0.4 is 14.2 Å². The first-order valence-corrected chi connectivity index (χ1v) is 8.47. The third-order valence-corrected chi connectivity index (χ3v) is 3.65. The molecule has 25 heavy (non-hydrogen) atoms. The van der Waals surface area contributed by atoms with Crippen LogP contribution >= 0.6 is 0 Å². The van der Waals surface area contributed by atoms with Crippen molar-refractivity contribution in [3.63, 3.8) is 0 Å². The van der Waals surface area contributed by atoms with Gasteiger partial charge in [0.1, 0.15) is 6.61 Å². The van der Waals surface area contributed by atoms with Gasteiger partial charge >= 0.3 is 0 Å². The van der Waals surface area contributed by atoms with Gasteiger partial charge in [0, 0.05) is 0 Å². The van der Waals surface area contributed by atoms with Gasteiger partial charge in [-0.05, 0) is 57.4 Å². The molecule has 0 aliphatic rings. The highest BCUT2D eigenvalue weighted by atomic mass is 16.5. The maximum absolute atomic E-state index is 8.91. The number of aliphatic hydroxyl groups is 1. The predicted molar refractivity (Wildman–Crippen MR) is 104 cm³/mol. The van der Waals surface area contributed by atoms with Crippen LogP contribution in [-0.4, -0.2) is 32.5 Å². The molecule has 0 saturated heterocycles. The van der Waals surface area contributed by atoms with Gasteiger partial charge in [-0.1, -0.05) is 29.4 Å². The molecule has 0 atom stereocenters. The van der Waals surface area contributed by atoms with Gasteiger partial charge in [0.25, 0.3) is 0 Å². The van der Waals surface area contributed by atoms with Crippen molar-refractivity contribution in [2.24, 2.45) is 0 Å². The van der Waals surface area contributed by atoms with Crippen molar-refractivity contribution >= 4 is 6.08 Å². The minimum Gasteiger partial charge on any atom is -0.493 e. The van der Waals surface area contributed by atoms with Gasteiger partial charge < -0.3 is 19.3 Å². The number of hydrogen-bond acceptors (Lipinski definition) is 4. The summed E-state index contributed by atoms with van der Waals surface area (Å²) in [7, 11) is 3.20. The first-order chi connectivity index (χ1) is 12.0. The highest BCUT2D eigenvalue weighted by Crippen LogP contribution is 2.39. The fourth-order valence-corrected chi connectivity index (χ4v) is 2.29. The molecular weight excluding hydrogens is 316 g/mol. The maximum atomic E-state index is 8.91. The first-order valence-electron chi connectivity index (χ1n) is 8.47. The van der Waals surface area contributed by atoms with Crippen molar-refractivity contribution in [3.05, 3.63) is 47.1 Å². The summed E-state index contributed by atoms with van der Waals surface area (Å²) in [5, 5.41) is 8.91. The Bertz CT molecular complexity index is 598. The number of ether oxygens (including phenoxy) is 3. The molecule has 1 aromatic rings. The van der Waals surface area contributed by atoms with Crippen LogP contribution in [0.15, 0.2) is 41.5 Å². The molecule has 1 aromatic carbocycles. The molecule has 0 unspecified atom stereocenters. The molecule has 4 nitrogen and oxygen atoms in total. The van der Waals surface area contributed by atoms with E-state index in [-0.39, 0.29) is 6.61 Å². The average molecular weight is 346 g/mol. The lowest BCUT2D eigenvalue weighted by Crippen LogP contribution is -2.01. The Balaban J connectivity index is 2.83. The number of allylic oxidation sites excluding steroid dienone is 3. The number of hydrogen-bond donors (Lipinski definition) is 1. The van der Waals surface area contributed by atoms with E-state index in [4.69, 9.17) is 19.3 Å². The molecule has 0 saturated carbocycles. The molecule has 0 aliphatic heterocycles. The largest absolute Gasteiger partial charge is 0.493 e. The number of methoxy groups -OCH3 is 2. The molecule has 1 rings (SSSR count). The molecule has 0 spiro atoms. The summed E-state index contributed by atoms with van der Waals surface area (Å²) >= 11 is 0. The summed E-state index contributed by atoms with van der Waals surface area (Å²) < 4.78 is 16.7. The van der Waals surface area contributed by atoms with Crippen LogP contribution in [0.3, 0.4) is 0 Å². The van der Waals surface area contributed by atoms with Crippen LogP contribution in [0.2, 0.25) is 0 Å². The molecule has 0 heterocycles. The highest BCUT2D eigenvalue weighted by molar-refractivity contribution is 5.62. The Morgan fingerprint density at radius 2 is 1.68 bits per heavy atom. The summed E-state index contributed by atoms with van der Waals surface area (Å²) in [6.45, 7) is 6.78. The Hall–Kier alpha value is -2.20. The van der Waals surface area contributed by atoms with Gasteiger partial charge in [-0.25, -0.2) is 0 Å². The fourth-order valence-electron chi connectivity index (χ4n) is 2.29. The summed E-state index contributed by atoms with van der Waals surface area (Å²) in [5.74, 6) is 1.79. The van der Waals surface area contributed by atoms with Crippen molar-refractivity contribution in [2.45, 2.75) is 33.6 Å². The van der Waals surface area contributed by atoms with Crippen molar-refractivity contribution in [1.82, 2.24) is 0 Å². The zero-order valence-corrected chi connectivity index (χ0v) is 16.0. The van der Waals surface area contributed by atoms with Crippen LogP contribution in [-0.2, 0) is 0 Å². The molecule has 0 aliphatic carbocycles. The van der Waals surface area contributed by atoms with Crippen LogP contribution in [0.1, 0.15) is 39.2 Å². The molecule has 0 fully saturated rings. The Labute approximate surface area is 151 Å². The van der Waals surface area contributed by atoms with E-state index < -0.39 is 0 Å².